The summed E-state index contributed by atoms with van der Waals surface area (Å²) in [5, 5.41) is 23.3. The number of nitro benzene ring substituents is 1. The minimum atomic E-state index is -0.389. The van der Waals surface area contributed by atoms with Crippen LogP contribution in [0, 0.1) is 10.1 Å². The minimum Gasteiger partial charge on any atom is -0.392 e. The van der Waals surface area contributed by atoms with E-state index < -0.39 is 0 Å². The number of likely N-dealkylation sites (tertiary alicyclic amines) is 1. The van der Waals surface area contributed by atoms with Crippen molar-refractivity contribution >= 4 is 11.4 Å². The van der Waals surface area contributed by atoms with Gasteiger partial charge in [-0.15, -0.1) is 0 Å². The van der Waals surface area contributed by atoms with Crippen molar-refractivity contribution in [3.05, 3.63) is 33.9 Å². The van der Waals surface area contributed by atoms with Crippen LogP contribution in [0.3, 0.4) is 0 Å². The van der Waals surface area contributed by atoms with E-state index in [-0.39, 0.29) is 16.7 Å². The highest BCUT2D eigenvalue weighted by Crippen LogP contribution is 2.26. The Labute approximate surface area is 112 Å². The van der Waals surface area contributed by atoms with Gasteiger partial charge in [0.25, 0.3) is 5.69 Å². The van der Waals surface area contributed by atoms with E-state index in [4.69, 9.17) is 0 Å². The Balaban J connectivity index is 2.10. The van der Waals surface area contributed by atoms with Crippen molar-refractivity contribution in [3.8, 4) is 0 Å². The summed E-state index contributed by atoms with van der Waals surface area (Å²) in [5.74, 6) is 0. The first-order chi connectivity index (χ1) is 9.10. The molecule has 0 bridgehead atoms. The van der Waals surface area contributed by atoms with E-state index in [2.05, 4.69) is 10.2 Å². The van der Waals surface area contributed by atoms with Crippen molar-refractivity contribution in [2.75, 3.05) is 25.5 Å². The molecule has 0 aliphatic carbocycles. The molecular weight excluding hydrogens is 246 g/mol. The number of aliphatic hydroxyl groups is 1. The third-order valence-electron chi connectivity index (χ3n) is 3.41. The van der Waals surface area contributed by atoms with Crippen LogP contribution in [0.1, 0.15) is 18.4 Å². The summed E-state index contributed by atoms with van der Waals surface area (Å²) in [5.41, 5.74) is 1.63. The second-order valence-corrected chi connectivity index (χ2v) is 4.89. The van der Waals surface area contributed by atoms with Crippen LogP contribution in [0.2, 0.25) is 0 Å². The Bertz CT molecular complexity index is 464. The Morgan fingerprint density at radius 1 is 1.58 bits per heavy atom. The lowest BCUT2D eigenvalue weighted by atomic mass is 10.1. The van der Waals surface area contributed by atoms with Crippen LogP contribution >= 0.6 is 0 Å². The average molecular weight is 265 g/mol. The Morgan fingerprint density at radius 3 is 3.00 bits per heavy atom. The molecule has 1 heterocycles. The van der Waals surface area contributed by atoms with Gasteiger partial charge in [-0.25, -0.2) is 0 Å². The summed E-state index contributed by atoms with van der Waals surface area (Å²) in [6.07, 6.45) is 1.60. The van der Waals surface area contributed by atoms with Gasteiger partial charge >= 0.3 is 0 Å². The molecule has 1 aliphatic heterocycles. The van der Waals surface area contributed by atoms with E-state index in [1.807, 2.05) is 0 Å². The number of nitrogens with one attached hydrogen (secondary N) is 1. The second kappa shape index (κ2) is 5.99. The second-order valence-electron chi connectivity index (χ2n) is 4.89. The third kappa shape index (κ3) is 3.42. The summed E-state index contributed by atoms with van der Waals surface area (Å²) in [6.45, 7) is 2.35. The Morgan fingerprint density at radius 2 is 2.37 bits per heavy atom. The van der Waals surface area contributed by atoms with Gasteiger partial charge in [-0.3, -0.25) is 15.0 Å². The van der Waals surface area contributed by atoms with Gasteiger partial charge in [0.2, 0.25) is 0 Å². The molecule has 2 N–H and O–H groups in total. The maximum Gasteiger partial charge on any atom is 0.292 e. The van der Waals surface area contributed by atoms with Gasteiger partial charge < -0.3 is 10.4 Å². The number of hydrogen-bond donors (Lipinski definition) is 2. The van der Waals surface area contributed by atoms with Crippen molar-refractivity contribution < 1.29 is 10.0 Å². The van der Waals surface area contributed by atoms with Gasteiger partial charge in [-0.2, -0.15) is 0 Å². The summed E-state index contributed by atoms with van der Waals surface area (Å²) < 4.78 is 0. The van der Waals surface area contributed by atoms with Crippen LogP contribution in [-0.2, 0) is 6.54 Å². The molecule has 2 rings (SSSR count). The SMILES string of the molecule is CNc1cc(CN2CCCC(O)C2)ccc1[N+](=O)[O-]. The van der Waals surface area contributed by atoms with Crippen LogP contribution in [-0.4, -0.2) is 41.2 Å². The number of β-amino-alcohol motifs (C(OH)–C–C–N with tert-alkyl or cyclic N) is 1. The number of aliphatic hydroxyl groups excluding tert-OH is 1. The van der Waals surface area contributed by atoms with Gasteiger partial charge in [0.1, 0.15) is 5.69 Å². The number of anilines is 1. The summed E-state index contributed by atoms with van der Waals surface area (Å²) in [7, 11) is 1.68. The fourth-order valence-corrected chi connectivity index (χ4v) is 2.47. The molecule has 1 aromatic rings. The lowest BCUT2D eigenvalue weighted by Crippen LogP contribution is -2.37. The molecule has 1 fully saturated rings. The number of nitro groups is 1. The lowest BCUT2D eigenvalue weighted by Gasteiger charge is -2.30. The monoisotopic (exact) mass is 265 g/mol. The smallest absolute Gasteiger partial charge is 0.292 e. The van der Waals surface area contributed by atoms with Crippen LogP contribution < -0.4 is 5.32 Å². The molecule has 1 saturated heterocycles. The van der Waals surface area contributed by atoms with E-state index >= 15 is 0 Å². The highest BCUT2D eigenvalue weighted by Gasteiger charge is 2.19. The van der Waals surface area contributed by atoms with Crippen LogP contribution in [0.4, 0.5) is 11.4 Å². The molecule has 1 unspecified atom stereocenters. The zero-order valence-corrected chi connectivity index (χ0v) is 11.0. The number of hydrogen-bond acceptors (Lipinski definition) is 5. The molecule has 0 aromatic heterocycles. The molecule has 104 valence electrons. The number of nitrogens with zero attached hydrogens (tertiary/aromatic N) is 2. The summed E-state index contributed by atoms with van der Waals surface area (Å²) >= 11 is 0. The molecule has 0 saturated carbocycles. The minimum absolute atomic E-state index is 0.0879. The zero-order valence-electron chi connectivity index (χ0n) is 11.0. The Kier molecular flexibility index (Phi) is 4.34. The lowest BCUT2D eigenvalue weighted by molar-refractivity contribution is -0.384. The molecular formula is C13H19N3O3. The third-order valence-corrected chi connectivity index (χ3v) is 3.41. The Hall–Kier alpha value is -1.66. The number of rotatable bonds is 4. The molecule has 6 heteroatoms. The fraction of sp³-hybridized carbons (Fsp3) is 0.538. The first kappa shape index (κ1) is 13.8. The van der Waals surface area contributed by atoms with Crippen molar-refractivity contribution in [1.29, 1.82) is 0 Å². The molecule has 1 aromatic carbocycles. The highest BCUT2D eigenvalue weighted by molar-refractivity contribution is 5.62. The van der Waals surface area contributed by atoms with Crippen LogP contribution in [0.15, 0.2) is 18.2 Å². The molecule has 1 atom stereocenters. The first-order valence-corrected chi connectivity index (χ1v) is 6.45. The number of benzene rings is 1. The summed E-state index contributed by atoms with van der Waals surface area (Å²) in [6, 6.07) is 5.11. The number of piperidine rings is 1. The van der Waals surface area contributed by atoms with E-state index in [0.29, 0.717) is 18.8 Å². The molecule has 0 radical (unpaired) electrons. The normalized spacial score (nSPS) is 20.2. The molecule has 19 heavy (non-hydrogen) atoms. The van der Waals surface area contributed by atoms with Gasteiger partial charge in [0, 0.05) is 26.2 Å². The van der Waals surface area contributed by atoms with Gasteiger partial charge in [-0.1, -0.05) is 6.07 Å². The fourth-order valence-electron chi connectivity index (χ4n) is 2.47. The molecule has 0 amide bonds. The average Bonchev–Trinajstić information content (AvgIpc) is 2.38. The van der Waals surface area contributed by atoms with Crippen molar-refractivity contribution in [2.24, 2.45) is 0 Å². The quantitative estimate of drug-likeness (QED) is 0.638. The summed E-state index contributed by atoms with van der Waals surface area (Å²) in [4.78, 5) is 12.6. The molecule has 1 aliphatic rings. The van der Waals surface area contributed by atoms with Crippen molar-refractivity contribution in [2.45, 2.75) is 25.5 Å². The van der Waals surface area contributed by atoms with Crippen molar-refractivity contribution in [1.82, 2.24) is 4.90 Å². The first-order valence-electron chi connectivity index (χ1n) is 6.45. The maximum atomic E-state index is 10.8. The van der Waals surface area contributed by atoms with E-state index in [9.17, 15) is 15.2 Å². The van der Waals surface area contributed by atoms with E-state index in [0.717, 1.165) is 24.9 Å². The van der Waals surface area contributed by atoms with Gasteiger partial charge in [-0.05, 0) is 31.0 Å². The maximum absolute atomic E-state index is 10.8. The highest BCUT2D eigenvalue weighted by atomic mass is 16.6. The predicted octanol–water partition coefficient (Wildman–Crippen LogP) is 1.59. The van der Waals surface area contributed by atoms with Crippen molar-refractivity contribution in [3.63, 3.8) is 0 Å². The van der Waals surface area contributed by atoms with Gasteiger partial charge in [0.05, 0.1) is 11.0 Å². The van der Waals surface area contributed by atoms with Gasteiger partial charge in [0.15, 0.2) is 0 Å². The topological polar surface area (TPSA) is 78.6 Å². The predicted molar refractivity (Wildman–Crippen MR) is 73.2 cm³/mol. The molecule has 6 nitrogen and oxygen atoms in total. The van der Waals surface area contributed by atoms with Crippen LogP contribution in [0.5, 0.6) is 0 Å². The molecule has 0 spiro atoms. The standard InChI is InChI=1S/C13H19N3O3/c1-14-12-7-10(4-5-13(12)16(18)19)8-15-6-2-3-11(17)9-15/h4-5,7,11,14,17H,2-3,6,8-9H2,1H3. The zero-order chi connectivity index (χ0) is 13.8. The van der Waals surface area contributed by atoms with E-state index in [1.54, 1.807) is 19.2 Å². The van der Waals surface area contributed by atoms with E-state index in [1.165, 1.54) is 6.07 Å². The largest absolute Gasteiger partial charge is 0.392 e. The van der Waals surface area contributed by atoms with Crippen LogP contribution in [0.25, 0.3) is 0 Å².